The van der Waals surface area contributed by atoms with E-state index in [0.717, 1.165) is 6.42 Å². The number of carbonyl (C=O) groups is 1. The molecule has 0 aromatic heterocycles. The summed E-state index contributed by atoms with van der Waals surface area (Å²) in [6.07, 6.45) is 1.48. The monoisotopic (exact) mass is 148 g/mol. The Kier molecular flexibility index (Phi) is 3.09. The number of nitrogens with two attached hydrogens (primary N) is 2. The van der Waals surface area contributed by atoms with Crippen LogP contribution in [-0.4, -0.2) is 11.2 Å². The van der Waals surface area contributed by atoms with Crippen molar-refractivity contribution in [1.29, 1.82) is 0 Å². The predicted molar refractivity (Wildman–Crippen MR) is 40.7 cm³/mol. The molecule has 0 radical (unpaired) electrons. The molecule has 0 spiro atoms. The van der Waals surface area contributed by atoms with Crippen LogP contribution < -0.4 is 11.5 Å². The van der Waals surface area contributed by atoms with E-state index in [1.165, 1.54) is 0 Å². The van der Waals surface area contributed by atoms with E-state index in [1.54, 1.807) is 0 Å². The zero-order chi connectivity index (χ0) is 7.49. The molecule has 0 rings (SSSR count). The Bertz CT molecular complexity index is 114. The van der Waals surface area contributed by atoms with Crippen LogP contribution in [0.2, 0.25) is 0 Å². The van der Waals surface area contributed by atoms with Gasteiger partial charge < -0.3 is 11.5 Å². The van der Waals surface area contributed by atoms with Gasteiger partial charge in [0.25, 0.3) is 0 Å². The quantitative estimate of drug-likeness (QED) is 0.544. The van der Waals surface area contributed by atoms with Crippen molar-refractivity contribution in [1.82, 2.24) is 0 Å². The van der Waals surface area contributed by atoms with Crippen LogP contribution in [-0.2, 0) is 4.79 Å². The molecule has 0 heterocycles. The summed E-state index contributed by atoms with van der Waals surface area (Å²) in [5.74, 6) is -0.464. The summed E-state index contributed by atoms with van der Waals surface area (Å²) in [7, 11) is 2.26. The Morgan fingerprint density at radius 1 is 1.78 bits per heavy atom. The van der Waals surface area contributed by atoms with Crippen LogP contribution in [0.3, 0.4) is 0 Å². The van der Waals surface area contributed by atoms with Gasteiger partial charge in [0.1, 0.15) is 5.28 Å². The molecule has 2 unspecified atom stereocenters. The number of primary amides is 1. The summed E-state index contributed by atoms with van der Waals surface area (Å²) < 4.78 is 0. The minimum Gasteiger partial charge on any atom is -0.368 e. The molecule has 0 saturated heterocycles. The van der Waals surface area contributed by atoms with E-state index in [-0.39, 0.29) is 0 Å². The Morgan fingerprint density at radius 3 is 2.33 bits per heavy atom. The molecule has 0 fully saturated rings. The summed E-state index contributed by atoms with van der Waals surface area (Å²) in [4.78, 5) is 10.5. The van der Waals surface area contributed by atoms with Crippen molar-refractivity contribution >= 4 is 15.1 Å². The lowest BCUT2D eigenvalue weighted by molar-refractivity contribution is -0.120. The fourth-order valence-electron chi connectivity index (χ4n) is 0.537. The van der Waals surface area contributed by atoms with Crippen LogP contribution in [0.1, 0.15) is 19.8 Å². The van der Waals surface area contributed by atoms with Crippen molar-refractivity contribution in [2.45, 2.75) is 25.0 Å². The maximum Gasteiger partial charge on any atom is 0.241 e. The molecular formula is C5H13N2OP. The average molecular weight is 148 g/mol. The van der Waals surface area contributed by atoms with E-state index in [4.69, 9.17) is 11.5 Å². The molecule has 0 aliphatic carbocycles. The highest BCUT2D eigenvalue weighted by atomic mass is 31.0. The molecule has 0 aliphatic rings. The summed E-state index contributed by atoms with van der Waals surface area (Å²) in [5, 5.41) is -0.894. The van der Waals surface area contributed by atoms with Gasteiger partial charge in [-0.25, -0.2) is 0 Å². The Morgan fingerprint density at radius 2 is 2.22 bits per heavy atom. The third-order valence-electron chi connectivity index (χ3n) is 1.12. The lowest BCUT2D eigenvalue weighted by Crippen LogP contribution is -2.46. The van der Waals surface area contributed by atoms with Crippen LogP contribution in [0, 0.1) is 0 Å². The SMILES string of the molecule is CCCC(N)(P)C(N)=O. The van der Waals surface area contributed by atoms with Gasteiger partial charge >= 0.3 is 0 Å². The summed E-state index contributed by atoms with van der Waals surface area (Å²) in [6.45, 7) is 1.95. The lowest BCUT2D eigenvalue weighted by atomic mass is 10.1. The maximum atomic E-state index is 10.5. The smallest absolute Gasteiger partial charge is 0.241 e. The minimum atomic E-state index is -0.894. The Hall–Kier alpha value is -0.140. The minimum absolute atomic E-state index is 0.464. The van der Waals surface area contributed by atoms with Crippen LogP contribution in [0.5, 0.6) is 0 Å². The highest BCUT2D eigenvalue weighted by molar-refractivity contribution is 7.20. The zero-order valence-corrected chi connectivity index (χ0v) is 6.71. The molecule has 3 nitrogen and oxygen atoms in total. The van der Waals surface area contributed by atoms with Crippen molar-refractivity contribution in [3.63, 3.8) is 0 Å². The van der Waals surface area contributed by atoms with Crippen LogP contribution in [0.25, 0.3) is 0 Å². The van der Waals surface area contributed by atoms with E-state index in [9.17, 15) is 4.79 Å². The van der Waals surface area contributed by atoms with Gasteiger partial charge in [-0.2, -0.15) is 0 Å². The molecule has 54 valence electrons. The number of rotatable bonds is 3. The number of hydrogen-bond acceptors (Lipinski definition) is 2. The maximum absolute atomic E-state index is 10.5. The van der Waals surface area contributed by atoms with Gasteiger partial charge in [0, 0.05) is 0 Å². The van der Waals surface area contributed by atoms with Crippen molar-refractivity contribution in [3.05, 3.63) is 0 Å². The zero-order valence-electron chi connectivity index (χ0n) is 5.55. The van der Waals surface area contributed by atoms with Gasteiger partial charge in [-0.1, -0.05) is 13.3 Å². The first kappa shape index (κ1) is 8.86. The molecule has 0 bridgehead atoms. The van der Waals surface area contributed by atoms with Crippen LogP contribution in [0.15, 0.2) is 0 Å². The van der Waals surface area contributed by atoms with E-state index in [0.29, 0.717) is 6.42 Å². The molecule has 4 heteroatoms. The third-order valence-corrected chi connectivity index (χ3v) is 1.70. The normalized spacial score (nSPS) is 16.8. The van der Waals surface area contributed by atoms with E-state index >= 15 is 0 Å². The number of hydrogen-bond donors (Lipinski definition) is 2. The van der Waals surface area contributed by atoms with Gasteiger partial charge in [-0.3, -0.25) is 4.79 Å². The first-order valence-electron chi connectivity index (χ1n) is 2.88. The fourth-order valence-corrected chi connectivity index (χ4v) is 0.826. The first-order valence-corrected chi connectivity index (χ1v) is 3.46. The second-order valence-electron chi connectivity index (χ2n) is 2.15. The molecule has 2 atom stereocenters. The van der Waals surface area contributed by atoms with Gasteiger partial charge in [0.15, 0.2) is 0 Å². The molecule has 0 aliphatic heterocycles. The Labute approximate surface area is 57.4 Å². The molecule has 1 amide bonds. The highest BCUT2D eigenvalue weighted by Gasteiger charge is 2.23. The summed E-state index contributed by atoms with van der Waals surface area (Å²) in [5.41, 5.74) is 10.4. The van der Waals surface area contributed by atoms with Crippen LogP contribution >= 0.6 is 9.24 Å². The van der Waals surface area contributed by atoms with Crippen LogP contribution in [0.4, 0.5) is 0 Å². The fraction of sp³-hybridized carbons (Fsp3) is 0.800. The first-order chi connectivity index (χ1) is 4.00. The summed E-state index contributed by atoms with van der Waals surface area (Å²) >= 11 is 0. The van der Waals surface area contributed by atoms with Crippen molar-refractivity contribution in [2.75, 3.05) is 0 Å². The van der Waals surface area contributed by atoms with Gasteiger partial charge in [-0.15, -0.1) is 9.24 Å². The molecule has 9 heavy (non-hydrogen) atoms. The molecular weight excluding hydrogens is 135 g/mol. The summed E-state index contributed by atoms with van der Waals surface area (Å²) in [6, 6.07) is 0. The van der Waals surface area contributed by atoms with Crippen molar-refractivity contribution in [2.24, 2.45) is 11.5 Å². The Balaban J connectivity index is 3.85. The van der Waals surface area contributed by atoms with Gasteiger partial charge in [0.05, 0.1) is 0 Å². The topological polar surface area (TPSA) is 69.1 Å². The van der Waals surface area contributed by atoms with E-state index < -0.39 is 11.2 Å². The largest absolute Gasteiger partial charge is 0.368 e. The molecule has 0 saturated carbocycles. The third kappa shape index (κ3) is 2.78. The lowest BCUT2D eigenvalue weighted by Gasteiger charge is -2.18. The number of amides is 1. The molecule has 4 N–H and O–H groups in total. The van der Waals surface area contributed by atoms with Crippen molar-refractivity contribution in [3.8, 4) is 0 Å². The van der Waals surface area contributed by atoms with E-state index in [1.807, 2.05) is 6.92 Å². The highest BCUT2D eigenvalue weighted by Crippen LogP contribution is 2.16. The standard InChI is InChI=1S/C5H13N2OP/c1-2-3-5(7,9)4(6)8/h2-3,7,9H2,1H3,(H2,6,8). The van der Waals surface area contributed by atoms with Crippen molar-refractivity contribution < 1.29 is 4.79 Å². The second kappa shape index (κ2) is 3.14. The molecule has 0 aromatic carbocycles. The van der Waals surface area contributed by atoms with E-state index in [2.05, 4.69) is 9.24 Å². The van der Waals surface area contributed by atoms with Gasteiger partial charge in [-0.05, 0) is 6.42 Å². The number of carbonyl (C=O) groups excluding carboxylic acids is 1. The molecule has 0 aromatic rings. The second-order valence-corrected chi connectivity index (χ2v) is 3.18. The predicted octanol–water partition coefficient (Wildman–Crippen LogP) is -0.198. The average Bonchev–Trinajstić information content (AvgIpc) is 1.65. The van der Waals surface area contributed by atoms with Gasteiger partial charge in [0.2, 0.25) is 5.91 Å².